The van der Waals surface area contributed by atoms with Crippen LogP contribution in [0.4, 0.5) is 13.2 Å². The Balaban J connectivity index is 2.02. The lowest BCUT2D eigenvalue weighted by Crippen LogP contribution is -2.33. The fourth-order valence-corrected chi connectivity index (χ4v) is 4.46. The molecule has 1 aromatic rings. The Labute approximate surface area is 121 Å². The molecule has 0 saturated heterocycles. The Morgan fingerprint density at radius 2 is 1.86 bits per heavy atom. The number of hydrogen-bond donors (Lipinski definition) is 0. The minimum absolute atomic E-state index is 0.0660. The number of rotatable bonds is 3. The van der Waals surface area contributed by atoms with Crippen LogP contribution in [-0.2, 0) is 15.6 Å². The first kappa shape index (κ1) is 16.2. The highest BCUT2D eigenvalue weighted by Gasteiger charge is 2.43. The van der Waals surface area contributed by atoms with Gasteiger partial charge in [-0.25, -0.2) is 18.4 Å². The third-order valence-electron chi connectivity index (χ3n) is 3.83. The largest absolute Gasteiger partial charge is 0.391 e. The lowest BCUT2D eigenvalue weighted by Gasteiger charge is -2.29. The summed E-state index contributed by atoms with van der Waals surface area (Å²) in [5, 5.41) is -0.702. The molecular formula is C13H17F3N2O2S. The van der Waals surface area contributed by atoms with Crippen molar-refractivity contribution in [2.45, 2.75) is 49.8 Å². The van der Waals surface area contributed by atoms with Gasteiger partial charge in [0.05, 0.1) is 22.6 Å². The summed E-state index contributed by atoms with van der Waals surface area (Å²) in [7, 11) is -3.48. The van der Waals surface area contributed by atoms with Gasteiger partial charge in [-0.15, -0.1) is 0 Å². The highest BCUT2D eigenvalue weighted by molar-refractivity contribution is 7.91. The zero-order chi connectivity index (χ0) is 15.7. The van der Waals surface area contributed by atoms with Gasteiger partial charge in [-0.3, -0.25) is 0 Å². The molecule has 118 valence electrons. The van der Waals surface area contributed by atoms with E-state index in [4.69, 9.17) is 0 Å². The van der Waals surface area contributed by atoms with E-state index in [0.717, 1.165) is 0 Å². The molecule has 1 aromatic heterocycles. The van der Waals surface area contributed by atoms with Crippen molar-refractivity contribution in [2.24, 2.45) is 5.92 Å². The van der Waals surface area contributed by atoms with Crippen LogP contribution >= 0.6 is 0 Å². The minimum atomic E-state index is -4.22. The monoisotopic (exact) mass is 322 g/mol. The van der Waals surface area contributed by atoms with Gasteiger partial charge in [0.1, 0.15) is 5.82 Å². The maximum absolute atomic E-state index is 12.6. The molecule has 0 spiro atoms. The van der Waals surface area contributed by atoms with E-state index < -0.39 is 27.2 Å². The van der Waals surface area contributed by atoms with E-state index in [-0.39, 0.29) is 31.4 Å². The van der Waals surface area contributed by atoms with Crippen LogP contribution in [0.3, 0.4) is 0 Å². The van der Waals surface area contributed by atoms with Gasteiger partial charge in [-0.05, 0) is 38.7 Å². The molecule has 1 heterocycles. The highest BCUT2D eigenvalue weighted by Crippen LogP contribution is 2.39. The smallest absolute Gasteiger partial charge is 0.242 e. The van der Waals surface area contributed by atoms with Gasteiger partial charge in [0.2, 0.25) is 0 Å². The standard InChI is InChI=1S/C13H17F3N2O2S/c1-9-17-7-6-11(18-9)8-21(19,20)12-4-2-10(3-5-12)13(14,15)16/h6-7,10,12H,2-5,8H2,1H3. The molecule has 4 nitrogen and oxygen atoms in total. The van der Waals surface area contributed by atoms with E-state index in [1.54, 1.807) is 6.92 Å². The highest BCUT2D eigenvalue weighted by atomic mass is 32.2. The molecule has 0 amide bonds. The second kappa shape index (κ2) is 5.90. The van der Waals surface area contributed by atoms with Crippen LogP contribution in [-0.4, -0.2) is 29.8 Å². The Kier molecular flexibility index (Phi) is 4.55. The first-order valence-electron chi connectivity index (χ1n) is 6.75. The third kappa shape index (κ3) is 4.15. The number of aryl methyl sites for hydroxylation is 1. The van der Waals surface area contributed by atoms with Crippen molar-refractivity contribution < 1.29 is 21.6 Å². The number of sulfone groups is 1. The van der Waals surface area contributed by atoms with Crippen molar-refractivity contribution in [1.82, 2.24) is 9.97 Å². The molecule has 1 aliphatic carbocycles. The number of alkyl halides is 3. The maximum Gasteiger partial charge on any atom is 0.391 e. The summed E-state index contributed by atoms with van der Waals surface area (Å²) in [4.78, 5) is 7.93. The van der Waals surface area contributed by atoms with E-state index in [9.17, 15) is 21.6 Å². The summed E-state index contributed by atoms with van der Waals surface area (Å²) in [6, 6.07) is 1.52. The van der Waals surface area contributed by atoms with Gasteiger partial charge in [-0.2, -0.15) is 13.2 Å². The quantitative estimate of drug-likeness (QED) is 0.858. The van der Waals surface area contributed by atoms with Crippen molar-refractivity contribution >= 4 is 9.84 Å². The predicted octanol–water partition coefficient (Wildman–Crippen LogP) is 2.82. The van der Waals surface area contributed by atoms with Gasteiger partial charge < -0.3 is 0 Å². The number of aromatic nitrogens is 2. The Morgan fingerprint density at radius 1 is 1.24 bits per heavy atom. The van der Waals surface area contributed by atoms with E-state index in [1.807, 2.05) is 0 Å². The van der Waals surface area contributed by atoms with Crippen LogP contribution in [0.2, 0.25) is 0 Å². The molecule has 21 heavy (non-hydrogen) atoms. The first-order valence-corrected chi connectivity index (χ1v) is 8.47. The van der Waals surface area contributed by atoms with Crippen molar-refractivity contribution in [2.75, 3.05) is 0 Å². The molecule has 0 N–H and O–H groups in total. The Morgan fingerprint density at radius 3 is 2.38 bits per heavy atom. The molecule has 0 radical (unpaired) electrons. The summed E-state index contributed by atoms with van der Waals surface area (Å²) in [6.45, 7) is 1.66. The molecule has 1 saturated carbocycles. The van der Waals surface area contributed by atoms with Crippen LogP contribution in [0.1, 0.15) is 37.2 Å². The molecule has 0 aliphatic heterocycles. The summed E-state index contributed by atoms with van der Waals surface area (Å²) in [5.74, 6) is -1.13. The maximum atomic E-state index is 12.6. The van der Waals surface area contributed by atoms with Crippen LogP contribution in [0.25, 0.3) is 0 Å². The predicted molar refractivity (Wildman–Crippen MR) is 71.2 cm³/mol. The van der Waals surface area contributed by atoms with Gasteiger partial charge in [0.25, 0.3) is 0 Å². The molecule has 8 heteroatoms. The van der Waals surface area contributed by atoms with Gasteiger partial charge in [0.15, 0.2) is 9.84 Å². The fourth-order valence-electron chi connectivity index (χ4n) is 2.66. The lowest BCUT2D eigenvalue weighted by molar-refractivity contribution is -0.181. The number of nitrogens with zero attached hydrogens (tertiary/aromatic N) is 2. The molecule has 2 rings (SSSR count). The van der Waals surface area contributed by atoms with Gasteiger partial charge in [0, 0.05) is 6.20 Å². The van der Waals surface area contributed by atoms with E-state index in [0.29, 0.717) is 11.5 Å². The Hall–Kier alpha value is -1.18. The molecule has 1 aliphatic rings. The number of hydrogen-bond acceptors (Lipinski definition) is 4. The fraction of sp³-hybridized carbons (Fsp3) is 0.692. The Bertz CT molecular complexity index is 594. The van der Waals surface area contributed by atoms with Crippen LogP contribution in [0.5, 0.6) is 0 Å². The van der Waals surface area contributed by atoms with Crippen molar-refractivity contribution in [3.8, 4) is 0 Å². The molecular weight excluding hydrogens is 305 g/mol. The number of halogens is 3. The van der Waals surface area contributed by atoms with E-state index in [2.05, 4.69) is 9.97 Å². The summed E-state index contributed by atoms with van der Waals surface area (Å²) >= 11 is 0. The average molecular weight is 322 g/mol. The van der Waals surface area contributed by atoms with Gasteiger partial charge in [-0.1, -0.05) is 0 Å². The molecule has 1 fully saturated rings. The van der Waals surface area contributed by atoms with Gasteiger partial charge >= 0.3 is 6.18 Å². The molecule has 0 bridgehead atoms. The van der Waals surface area contributed by atoms with E-state index in [1.165, 1.54) is 12.3 Å². The minimum Gasteiger partial charge on any atom is -0.242 e. The molecule has 0 unspecified atom stereocenters. The first-order chi connectivity index (χ1) is 9.68. The normalized spacial score (nSPS) is 24.0. The van der Waals surface area contributed by atoms with Crippen molar-refractivity contribution in [1.29, 1.82) is 0 Å². The third-order valence-corrected chi connectivity index (χ3v) is 6.01. The lowest BCUT2D eigenvalue weighted by atomic mass is 9.88. The zero-order valence-electron chi connectivity index (χ0n) is 11.6. The molecule has 0 atom stereocenters. The van der Waals surface area contributed by atoms with Crippen LogP contribution in [0, 0.1) is 12.8 Å². The average Bonchev–Trinajstić information content (AvgIpc) is 2.37. The van der Waals surface area contributed by atoms with Crippen LogP contribution < -0.4 is 0 Å². The second-order valence-corrected chi connectivity index (χ2v) is 7.70. The zero-order valence-corrected chi connectivity index (χ0v) is 12.4. The summed E-state index contributed by atoms with van der Waals surface area (Å²) in [6.07, 6.45) is -2.84. The van der Waals surface area contributed by atoms with E-state index >= 15 is 0 Å². The summed E-state index contributed by atoms with van der Waals surface area (Å²) < 4.78 is 62.3. The topological polar surface area (TPSA) is 59.9 Å². The summed E-state index contributed by atoms with van der Waals surface area (Å²) in [5.41, 5.74) is 0.389. The van der Waals surface area contributed by atoms with Crippen LogP contribution in [0.15, 0.2) is 12.3 Å². The van der Waals surface area contributed by atoms with Crippen molar-refractivity contribution in [3.05, 3.63) is 23.8 Å². The SMILES string of the molecule is Cc1nccc(CS(=O)(=O)C2CCC(C(F)(F)F)CC2)n1. The van der Waals surface area contributed by atoms with Crippen molar-refractivity contribution in [3.63, 3.8) is 0 Å². The second-order valence-electron chi connectivity index (χ2n) is 5.42. The molecule has 0 aromatic carbocycles.